The van der Waals surface area contributed by atoms with Gasteiger partial charge in [0, 0.05) is 37.6 Å². The van der Waals surface area contributed by atoms with Crippen LogP contribution < -0.4 is 16.0 Å². The number of guanidine groups is 1. The van der Waals surface area contributed by atoms with E-state index in [1.165, 1.54) is 5.01 Å². The van der Waals surface area contributed by atoms with E-state index in [1.807, 2.05) is 27.7 Å². The molecule has 3 N–H and O–H groups in total. The first-order valence-corrected chi connectivity index (χ1v) is 10.9. The number of alkyl carbamates (subject to hydrolysis) is 1. The zero-order chi connectivity index (χ0) is 21.2. The first-order chi connectivity index (χ1) is 13.1. The molecule has 0 aliphatic rings. The molecule has 0 aliphatic carbocycles. The fourth-order valence-electron chi connectivity index (χ4n) is 2.68. The second kappa shape index (κ2) is 11.2. The molecule has 7 nitrogen and oxygen atoms in total. The van der Waals surface area contributed by atoms with Gasteiger partial charge in [0.15, 0.2) is 5.96 Å². The normalized spacial score (nSPS) is 12.6. The summed E-state index contributed by atoms with van der Waals surface area (Å²) in [6, 6.07) is 0. The van der Waals surface area contributed by atoms with Gasteiger partial charge in [-0.2, -0.15) is 0 Å². The van der Waals surface area contributed by atoms with Gasteiger partial charge in [0.05, 0.1) is 10.5 Å². The second-order valence-corrected chi connectivity index (χ2v) is 8.90. The maximum Gasteiger partial charge on any atom is 0.408 e. The van der Waals surface area contributed by atoms with Crippen molar-refractivity contribution in [2.75, 3.05) is 20.1 Å². The van der Waals surface area contributed by atoms with Crippen LogP contribution in [0.25, 0.3) is 0 Å². The van der Waals surface area contributed by atoms with Crippen molar-refractivity contribution in [1.82, 2.24) is 20.9 Å². The molecule has 1 aromatic heterocycles. The molecule has 0 aromatic carbocycles. The lowest BCUT2D eigenvalue weighted by Gasteiger charge is -2.34. The summed E-state index contributed by atoms with van der Waals surface area (Å²) >= 11 is 1.71. The third-order valence-electron chi connectivity index (χ3n) is 4.46. The molecule has 28 heavy (non-hydrogen) atoms. The number of aliphatic imine (C=N–C) groups is 1. The number of thiazole rings is 1. The molecule has 1 heterocycles. The predicted molar refractivity (Wildman–Crippen MR) is 117 cm³/mol. The van der Waals surface area contributed by atoms with Gasteiger partial charge in [-0.25, -0.2) is 9.78 Å². The number of hydrogen-bond donors (Lipinski definition) is 3. The molecule has 0 unspecified atom stereocenters. The summed E-state index contributed by atoms with van der Waals surface area (Å²) in [6.07, 6.45) is 3.12. The van der Waals surface area contributed by atoms with E-state index < -0.39 is 11.1 Å². The lowest BCUT2D eigenvalue weighted by Crippen LogP contribution is -2.57. The van der Waals surface area contributed by atoms with Crippen LogP contribution in [-0.2, 0) is 11.2 Å². The SMILES string of the molecule is CCC(CC)(CNC(=NC)NCCCc1nc(C)cs1)NC(=O)OC(C)(C)C. The van der Waals surface area contributed by atoms with Gasteiger partial charge in [-0.1, -0.05) is 13.8 Å². The van der Waals surface area contributed by atoms with Crippen molar-refractivity contribution in [1.29, 1.82) is 0 Å². The topological polar surface area (TPSA) is 87.6 Å². The minimum Gasteiger partial charge on any atom is -0.444 e. The number of nitrogens with one attached hydrogen (secondary N) is 3. The summed E-state index contributed by atoms with van der Waals surface area (Å²) in [5.41, 5.74) is 0.176. The third-order valence-corrected chi connectivity index (χ3v) is 5.49. The summed E-state index contributed by atoms with van der Waals surface area (Å²) in [6.45, 7) is 13.1. The molecule has 8 heteroatoms. The monoisotopic (exact) mass is 411 g/mol. The van der Waals surface area contributed by atoms with E-state index in [-0.39, 0.29) is 6.09 Å². The van der Waals surface area contributed by atoms with Crippen molar-refractivity contribution < 1.29 is 9.53 Å². The van der Waals surface area contributed by atoms with Crippen LogP contribution in [0.5, 0.6) is 0 Å². The lowest BCUT2D eigenvalue weighted by molar-refractivity contribution is 0.0448. The van der Waals surface area contributed by atoms with E-state index in [0.29, 0.717) is 6.54 Å². The Morgan fingerprint density at radius 2 is 1.93 bits per heavy atom. The number of carbonyl (C=O) groups excluding carboxylic acids is 1. The Kier molecular flexibility index (Phi) is 9.72. The number of amides is 1. The molecule has 1 rings (SSSR count). The quantitative estimate of drug-likeness (QED) is 0.328. The molecule has 160 valence electrons. The number of aromatic nitrogens is 1. The Bertz CT molecular complexity index is 633. The Labute approximate surface area is 173 Å². The fraction of sp³-hybridized carbons (Fsp3) is 0.750. The number of rotatable bonds is 9. The molecular weight excluding hydrogens is 374 g/mol. The predicted octanol–water partition coefficient (Wildman–Crippen LogP) is 3.63. The minimum atomic E-state index is -0.516. The zero-order valence-electron chi connectivity index (χ0n) is 18.4. The van der Waals surface area contributed by atoms with Crippen molar-refractivity contribution in [3.8, 4) is 0 Å². The molecule has 0 radical (unpaired) electrons. The summed E-state index contributed by atoms with van der Waals surface area (Å²) in [5.74, 6) is 0.729. The van der Waals surface area contributed by atoms with Crippen molar-refractivity contribution in [2.24, 2.45) is 4.99 Å². The van der Waals surface area contributed by atoms with Crippen LogP contribution >= 0.6 is 11.3 Å². The average Bonchev–Trinajstić information content (AvgIpc) is 3.03. The van der Waals surface area contributed by atoms with Gasteiger partial charge in [-0.3, -0.25) is 4.99 Å². The Hall–Kier alpha value is -1.83. The third kappa shape index (κ3) is 8.91. The van der Waals surface area contributed by atoms with Crippen molar-refractivity contribution in [3.63, 3.8) is 0 Å². The zero-order valence-corrected chi connectivity index (χ0v) is 19.3. The van der Waals surface area contributed by atoms with Crippen molar-refractivity contribution in [3.05, 3.63) is 16.1 Å². The highest BCUT2D eigenvalue weighted by Crippen LogP contribution is 2.16. The smallest absolute Gasteiger partial charge is 0.408 e. The number of nitrogens with zero attached hydrogens (tertiary/aromatic N) is 2. The average molecular weight is 412 g/mol. The van der Waals surface area contributed by atoms with Crippen LogP contribution in [0.1, 0.15) is 64.6 Å². The van der Waals surface area contributed by atoms with Gasteiger partial charge in [-0.15, -0.1) is 11.3 Å². The van der Waals surface area contributed by atoms with Gasteiger partial charge in [0.1, 0.15) is 5.60 Å². The van der Waals surface area contributed by atoms with Gasteiger partial charge in [-0.05, 0) is 47.0 Å². The van der Waals surface area contributed by atoms with Gasteiger partial charge in [0.2, 0.25) is 0 Å². The van der Waals surface area contributed by atoms with Crippen LogP contribution in [0.2, 0.25) is 0 Å². The van der Waals surface area contributed by atoms with E-state index in [0.717, 1.165) is 43.9 Å². The highest BCUT2D eigenvalue weighted by atomic mass is 32.1. The summed E-state index contributed by atoms with van der Waals surface area (Å²) in [7, 11) is 1.75. The maximum absolute atomic E-state index is 12.2. The molecule has 0 bridgehead atoms. The van der Waals surface area contributed by atoms with Crippen LogP contribution in [0.3, 0.4) is 0 Å². The number of carbonyl (C=O) groups is 1. The van der Waals surface area contributed by atoms with Crippen LogP contribution in [0.15, 0.2) is 10.4 Å². The number of ether oxygens (including phenoxy) is 1. The first kappa shape index (κ1) is 24.2. The van der Waals surface area contributed by atoms with Crippen molar-refractivity contribution in [2.45, 2.75) is 78.4 Å². The first-order valence-electron chi connectivity index (χ1n) is 9.99. The molecule has 0 saturated heterocycles. The van der Waals surface area contributed by atoms with E-state index in [1.54, 1.807) is 18.4 Å². The van der Waals surface area contributed by atoms with E-state index in [4.69, 9.17) is 4.74 Å². The molecule has 0 fully saturated rings. The highest BCUT2D eigenvalue weighted by Gasteiger charge is 2.30. The fourth-order valence-corrected chi connectivity index (χ4v) is 3.50. The van der Waals surface area contributed by atoms with Crippen LogP contribution in [0, 0.1) is 6.92 Å². The number of hydrogen-bond acceptors (Lipinski definition) is 5. The highest BCUT2D eigenvalue weighted by molar-refractivity contribution is 7.09. The number of aryl methyl sites for hydroxylation is 2. The molecule has 0 aliphatic heterocycles. The Morgan fingerprint density at radius 1 is 1.25 bits per heavy atom. The molecule has 1 aromatic rings. The summed E-state index contributed by atoms with van der Waals surface area (Å²) < 4.78 is 5.42. The molecule has 0 atom stereocenters. The summed E-state index contributed by atoms with van der Waals surface area (Å²) in [5, 5.41) is 13.0. The molecule has 0 spiro atoms. The largest absolute Gasteiger partial charge is 0.444 e. The maximum atomic E-state index is 12.2. The molecule has 1 amide bonds. The van der Waals surface area contributed by atoms with Gasteiger partial charge < -0.3 is 20.7 Å². The van der Waals surface area contributed by atoms with Crippen LogP contribution in [0.4, 0.5) is 4.79 Å². The Balaban J connectivity index is 2.48. The lowest BCUT2D eigenvalue weighted by atomic mass is 9.93. The van der Waals surface area contributed by atoms with Crippen molar-refractivity contribution >= 4 is 23.4 Å². The Morgan fingerprint density at radius 3 is 2.43 bits per heavy atom. The standard InChI is InChI=1S/C20H37N5O2S/c1-8-20(9-2,25-18(26)27-19(4,5)6)14-23-17(21-7)22-12-10-11-16-24-15(3)13-28-16/h13H,8-12,14H2,1-7H3,(H,25,26)(H2,21,22,23). The van der Waals surface area contributed by atoms with E-state index in [2.05, 4.69) is 45.2 Å². The van der Waals surface area contributed by atoms with Crippen LogP contribution in [-0.4, -0.2) is 48.3 Å². The molecular formula is C20H37N5O2S. The summed E-state index contributed by atoms with van der Waals surface area (Å²) in [4.78, 5) is 21.0. The second-order valence-electron chi connectivity index (χ2n) is 7.95. The van der Waals surface area contributed by atoms with E-state index >= 15 is 0 Å². The van der Waals surface area contributed by atoms with Gasteiger partial charge in [0.25, 0.3) is 0 Å². The minimum absolute atomic E-state index is 0.389. The van der Waals surface area contributed by atoms with Gasteiger partial charge >= 0.3 is 6.09 Å². The van der Waals surface area contributed by atoms with E-state index in [9.17, 15) is 4.79 Å². The molecule has 0 saturated carbocycles.